The third-order valence-corrected chi connectivity index (χ3v) is 5.18. The van der Waals surface area contributed by atoms with Crippen molar-refractivity contribution in [1.82, 2.24) is 10.2 Å². The van der Waals surface area contributed by atoms with Gasteiger partial charge in [-0.2, -0.15) is 0 Å². The Hall–Kier alpha value is -2.17. The van der Waals surface area contributed by atoms with Gasteiger partial charge in [0, 0.05) is 25.8 Å². The van der Waals surface area contributed by atoms with Gasteiger partial charge in [0.05, 0.1) is 6.04 Å². The molecule has 3 amide bonds. The van der Waals surface area contributed by atoms with Crippen LogP contribution in [0.1, 0.15) is 63.1 Å². The van der Waals surface area contributed by atoms with E-state index in [4.69, 9.17) is 0 Å². The predicted octanol–water partition coefficient (Wildman–Crippen LogP) is 2.45. The number of carbonyl (C=O) groups is 3. The smallest absolute Gasteiger partial charge is 0.229 e. The van der Waals surface area contributed by atoms with Crippen LogP contribution in [0.15, 0.2) is 24.3 Å². The molecule has 1 heterocycles. The maximum atomic E-state index is 12.3. The Labute approximate surface area is 142 Å². The van der Waals surface area contributed by atoms with E-state index >= 15 is 0 Å². The number of imide groups is 1. The van der Waals surface area contributed by atoms with E-state index < -0.39 is 0 Å². The zero-order chi connectivity index (χ0) is 17.3. The number of nitrogens with one attached hydrogen (secondary N) is 1. The summed E-state index contributed by atoms with van der Waals surface area (Å²) in [5.74, 6) is -0.447. The summed E-state index contributed by atoms with van der Waals surface area (Å²) in [6.45, 7) is 4.65. The summed E-state index contributed by atoms with van der Waals surface area (Å²) < 4.78 is 0. The quantitative estimate of drug-likeness (QED) is 0.863. The molecule has 2 aliphatic rings. The normalized spacial score (nSPS) is 22.4. The monoisotopic (exact) mass is 328 g/mol. The van der Waals surface area contributed by atoms with Gasteiger partial charge in [-0.05, 0) is 29.4 Å². The Kier molecular flexibility index (Phi) is 4.43. The number of fused-ring (bicyclic) bond motifs is 1. The van der Waals surface area contributed by atoms with Crippen molar-refractivity contribution in [3.63, 3.8) is 0 Å². The number of hydrogen-bond donors (Lipinski definition) is 1. The molecule has 0 spiro atoms. The molecular formula is C19H24N2O3. The van der Waals surface area contributed by atoms with Gasteiger partial charge in [0.1, 0.15) is 0 Å². The summed E-state index contributed by atoms with van der Waals surface area (Å²) in [5, 5.41) is 3.08. The molecule has 0 aromatic heterocycles. The van der Waals surface area contributed by atoms with Gasteiger partial charge in [-0.15, -0.1) is 0 Å². The van der Waals surface area contributed by atoms with Crippen molar-refractivity contribution < 1.29 is 14.4 Å². The van der Waals surface area contributed by atoms with Crippen LogP contribution in [0.3, 0.4) is 0 Å². The largest absolute Gasteiger partial charge is 0.349 e. The molecule has 1 fully saturated rings. The summed E-state index contributed by atoms with van der Waals surface area (Å²) in [6, 6.07) is 8.26. The van der Waals surface area contributed by atoms with Gasteiger partial charge >= 0.3 is 0 Å². The van der Waals surface area contributed by atoms with Gasteiger partial charge in [-0.1, -0.05) is 38.1 Å². The van der Waals surface area contributed by atoms with Crippen LogP contribution in [0.5, 0.6) is 0 Å². The van der Waals surface area contributed by atoms with Crippen molar-refractivity contribution in [1.29, 1.82) is 0 Å². The van der Waals surface area contributed by atoms with Crippen LogP contribution in [-0.4, -0.2) is 29.2 Å². The van der Waals surface area contributed by atoms with E-state index in [2.05, 4.69) is 31.3 Å². The van der Waals surface area contributed by atoms with Crippen LogP contribution in [0.2, 0.25) is 0 Å². The summed E-state index contributed by atoms with van der Waals surface area (Å²) in [6.07, 6.45) is 2.62. The van der Waals surface area contributed by atoms with Gasteiger partial charge in [-0.25, -0.2) is 0 Å². The summed E-state index contributed by atoms with van der Waals surface area (Å²) in [5.41, 5.74) is 2.58. The van der Waals surface area contributed by atoms with E-state index in [-0.39, 0.29) is 55.0 Å². The average molecular weight is 328 g/mol. The second kappa shape index (κ2) is 6.38. The van der Waals surface area contributed by atoms with Crippen molar-refractivity contribution in [3.8, 4) is 0 Å². The molecule has 1 saturated heterocycles. The molecule has 5 nitrogen and oxygen atoms in total. The fraction of sp³-hybridized carbons (Fsp3) is 0.526. The van der Waals surface area contributed by atoms with E-state index in [0.717, 1.165) is 12.8 Å². The number of hydrogen-bond acceptors (Lipinski definition) is 3. The van der Waals surface area contributed by atoms with Gasteiger partial charge in [-0.3, -0.25) is 19.3 Å². The lowest BCUT2D eigenvalue weighted by Crippen LogP contribution is -2.38. The minimum absolute atomic E-state index is 0.00621. The van der Waals surface area contributed by atoms with Crippen molar-refractivity contribution >= 4 is 17.7 Å². The van der Waals surface area contributed by atoms with Crippen LogP contribution in [0.25, 0.3) is 0 Å². The zero-order valence-electron chi connectivity index (χ0n) is 14.3. The topological polar surface area (TPSA) is 66.5 Å². The molecule has 0 bridgehead atoms. The molecule has 1 aliphatic heterocycles. The van der Waals surface area contributed by atoms with Crippen LogP contribution < -0.4 is 5.32 Å². The fourth-order valence-electron chi connectivity index (χ4n) is 3.71. The lowest BCUT2D eigenvalue weighted by molar-refractivity contribution is -0.138. The minimum atomic E-state index is -0.169. The van der Waals surface area contributed by atoms with E-state index in [1.807, 2.05) is 12.1 Å². The highest BCUT2D eigenvalue weighted by Crippen LogP contribution is 2.41. The van der Waals surface area contributed by atoms with Crippen molar-refractivity contribution in [2.24, 2.45) is 0 Å². The predicted molar refractivity (Wildman–Crippen MR) is 90.2 cm³/mol. The molecule has 0 unspecified atom stereocenters. The van der Waals surface area contributed by atoms with Crippen LogP contribution >= 0.6 is 0 Å². The van der Waals surface area contributed by atoms with E-state index in [9.17, 15) is 14.4 Å². The van der Waals surface area contributed by atoms with Gasteiger partial charge in [0.25, 0.3) is 0 Å². The van der Waals surface area contributed by atoms with Gasteiger partial charge < -0.3 is 5.32 Å². The molecule has 24 heavy (non-hydrogen) atoms. The standard InChI is InChI=1S/C19H24N2O3/c1-19(2)11-9-15(13-5-3-4-6-14(13)19)20-16(22)10-12-21-17(23)7-8-18(21)24/h3-6,15H,7-12H2,1-2H3,(H,20,22)/t15-/m1/s1. The van der Waals surface area contributed by atoms with Gasteiger partial charge in [0.2, 0.25) is 17.7 Å². The van der Waals surface area contributed by atoms with Gasteiger partial charge in [0.15, 0.2) is 0 Å². The first-order valence-corrected chi connectivity index (χ1v) is 8.60. The highest BCUT2D eigenvalue weighted by atomic mass is 16.2. The van der Waals surface area contributed by atoms with Crippen molar-refractivity contribution in [3.05, 3.63) is 35.4 Å². The van der Waals surface area contributed by atoms with E-state index in [0.29, 0.717) is 0 Å². The second-order valence-corrected chi connectivity index (χ2v) is 7.32. The molecule has 128 valence electrons. The molecule has 1 aliphatic carbocycles. The molecule has 1 aromatic rings. The third-order valence-electron chi connectivity index (χ3n) is 5.18. The van der Waals surface area contributed by atoms with Crippen LogP contribution in [0.4, 0.5) is 0 Å². The molecule has 5 heteroatoms. The molecular weight excluding hydrogens is 304 g/mol. The molecule has 1 N–H and O–H groups in total. The summed E-state index contributed by atoms with van der Waals surface area (Å²) in [4.78, 5) is 36.7. The maximum absolute atomic E-state index is 12.3. The first-order valence-electron chi connectivity index (χ1n) is 8.60. The first-order chi connectivity index (χ1) is 11.4. The Morgan fingerprint density at radius 3 is 2.58 bits per heavy atom. The lowest BCUT2D eigenvalue weighted by atomic mass is 9.71. The summed E-state index contributed by atoms with van der Waals surface area (Å²) in [7, 11) is 0. The number of rotatable bonds is 4. The number of amides is 3. The Bertz CT molecular complexity index is 665. The lowest BCUT2D eigenvalue weighted by Gasteiger charge is -2.37. The molecule has 0 radical (unpaired) electrons. The van der Waals surface area contributed by atoms with Crippen LogP contribution in [-0.2, 0) is 19.8 Å². The maximum Gasteiger partial charge on any atom is 0.229 e. The zero-order valence-corrected chi connectivity index (χ0v) is 14.3. The Balaban J connectivity index is 1.63. The average Bonchev–Trinajstić information content (AvgIpc) is 2.87. The molecule has 1 aromatic carbocycles. The Morgan fingerprint density at radius 2 is 1.88 bits per heavy atom. The summed E-state index contributed by atoms with van der Waals surface area (Å²) >= 11 is 0. The molecule has 1 atom stereocenters. The number of likely N-dealkylation sites (tertiary alicyclic amines) is 1. The fourth-order valence-corrected chi connectivity index (χ4v) is 3.71. The first kappa shape index (κ1) is 16.7. The Morgan fingerprint density at radius 1 is 1.21 bits per heavy atom. The number of carbonyl (C=O) groups excluding carboxylic acids is 3. The highest BCUT2D eigenvalue weighted by molar-refractivity contribution is 6.02. The third kappa shape index (κ3) is 3.21. The second-order valence-electron chi connectivity index (χ2n) is 7.32. The highest BCUT2D eigenvalue weighted by Gasteiger charge is 2.33. The van der Waals surface area contributed by atoms with E-state index in [1.54, 1.807) is 0 Å². The van der Waals surface area contributed by atoms with Crippen LogP contribution in [0, 0.1) is 0 Å². The number of nitrogens with zero attached hydrogens (tertiary/aromatic N) is 1. The van der Waals surface area contributed by atoms with E-state index in [1.165, 1.54) is 16.0 Å². The minimum Gasteiger partial charge on any atom is -0.349 e. The van der Waals surface area contributed by atoms with Crippen molar-refractivity contribution in [2.45, 2.75) is 57.4 Å². The SMILES string of the molecule is CC1(C)CC[C@@H](NC(=O)CCN2C(=O)CCC2=O)c2ccccc21. The molecule has 0 saturated carbocycles. The van der Waals surface area contributed by atoms with Crippen molar-refractivity contribution in [2.75, 3.05) is 6.54 Å². The molecule has 3 rings (SSSR count). The number of benzene rings is 1.